The highest BCUT2D eigenvalue weighted by molar-refractivity contribution is 6.31. The Hall–Kier alpha value is -1.37. The molecule has 0 heterocycles. The Morgan fingerprint density at radius 3 is 2.83 bits per heavy atom. The van der Waals surface area contributed by atoms with Crippen molar-refractivity contribution in [3.63, 3.8) is 0 Å². The molecule has 3 heteroatoms. The summed E-state index contributed by atoms with van der Waals surface area (Å²) >= 11 is 5.68. The molecular weight excluding hydrogens is 174 g/mol. The third kappa shape index (κ3) is 1.82. The second-order valence-electron chi connectivity index (χ2n) is 2.17. The molecule has 1 aromatic carbocycles. The van der Waals surface area contributed by atoms with Crippen molar-refractivity contribution in [2.45, 2.75) is 0 Å². The molecule has 0 saturated carbocycles. The number of allylic oxidation sites excluding steroid dienone is 1. The van der Waals surface area contributed by atoms with E-state index in [4.69, 9.17) is 17.0 Å². The lowest BCUT2D eigenvalue weighted by Gasteiger charge is -1.95. The van der Waals surface area contributed by atoms with Crippen molar-refractivity contribution in [2.24, 2.45) is 0 Å². The number of nitrogens with one attached hydrogen (secondary N) is 1. The summed E-state index contributed by atoms with van der Waals surface area (Å²) in [6, 6.07) is 6.75. The van der Waals surface area contributed by atoms with E-state index in [1.54, 1.807) is 24.3 Å². The van der Waals surface area contributed by atoms with Crippen LogP contribution in [0.15, 0.2) is 24.3 Å². The predicted octanol–water partition coefficient (Wildman–Crippen LogP) is 2.17. The Bertz CT molecular complexity index is 353. The summed E-state index contributed by atoms with van der Waals surface area (Å²) in [5, 5.41) is 7.35. The Morgan fingerprint density at radius 2 is 2.33 bits per heavy atom. The van der Waals surface area contributed by atoms with Crippen LogP contribution in [0.4, 0.5) is 0 Å². The van der Waals surface area contributed by atoms with Gasteiger partial charge in [0.2, 0.25) is 0 Å². The monoisotopic (exact) mass is 179 g/mol. The molecule has 0 saturated heterocycles. The molecule has 2 nitrogen and oxygen atoms in total. The van der Waals surface area contributed by atoms with Crippen molar-refractivity contribution in [1.82, 2.24) is 0 Å². The number of aldehydes is 1. The molecule has 1 N–H and O–H groups in total. The first-order valence-corrected chi connectivity index (χ1v) is 3.66. The Kier molecular flexibility index (Phi) is 2.81. The van der Waals surface area contributed by atoms with Gasteiger partial charge in [-0.25, -0.2) is 0 Å². The van der Waals surface area contributed by atoms with Crippen molar-refractivity contribution >= 4 is 29.3 Å². The van der Waals surface area contributed by atoms with Crippen LogP contribution in [0.2, 0.25) is 5.02 Å². The fourth-order valence-electron chi connectivity index (χ4n) is 0.826. The standard InChI is InChI=1S/C9H6ClNO/c10-9-3-1-2-7(4-9)8(5-11)6-12/h1-4,6,11H. The van der Waals surface area contributed by atoms with Gasteiger partial charge in [0.05, 0.1) is 5.57 Å². The minimum atomic E-state index is 0.206. The zero-order chi connectivity index (χ0) is 8.97. The smallest absolute Gasteiger partial charge is 0.159 e. The van der Waals surface area contributed by atoms with Gasteiger partial charge in [-0.3, -0.25) is 10.2 Å². The molecule has 60 valence electrons. The van der Waals surface area contributed by atoms with Crippen LogP contribution in [-0.2, 0) is 4.79 Å². The molecule has 1 rings (SSSR count). The average molecular weight is 180 g/mol. The number of hydrogen-bond donors (Lipinski definition) is 1. The first kappa shape index (κ1) is 8.72. The topological polar surface area (TPSA) is 40.9 Å². The molecule has 0 aliphatic heterocycles. The van der Waals surface area contributed by atoms with Crippen LogP contribution in [0.1, 0.15) is 5.56 Å². The van der Waals surface area contributed by atoms with E-state index in [2.05, 4.69) is 0 Å². The molecule has 12 heavy (non-hydrogen) atoms. The highest BCUT2D eigenvalue weighted by Crippen LogP contribution is 2.15. The Labute approximate surface area is 75.0 Å². The molecule has 0 spiro atoms. The molecule has 0 amide bonds. The molecule has 0 radical (unpaired) electrons. The third-order valence-electron chi connectivity index (χ3n) is 1.39. The lowest BCUT2D eigenvalue weighted by Crippen LogP contribution is -1.85. The maximum absolute atomic E-state index is 10.4. The number of halogens is 1. The molecule has 0 aromatic heterocycles. The largest absolute Gasteiger partial charge is 0.297 e. The van der Waals surface area contributed by atoms with Gasteiger partial charge in [-0.15, -0.1) is 0 Å². The molecule has 0 bridgehead atoms. The maximum Gasteiger partial charge on any atom is 0.159 e. The zero-order valence-electron chi connectivity index (χ0n) is 6.17. The predicted molar refractivity (Wildman–Crippen MR) is 48.6 cm³/mol. The summed E-state index contributed by atoms with van der Waals surface area (Å²) in [5.41, 5.74) is 0.824. The van der Waals surface area contributed by atoms with Gasteiger partial charge in [0.25, 0.3) is 0 Å². The summed E-state index contributed by atoms with van der Waals surface area (Å²) in [6.45, 7) is 0. The number of carbonyl (C=O) groups excluding carboxylic acids is 1. The summed E-state index contributed by atoms with van der Waals surface area (Å²) in [7, 11) is 0. The van der Waals surface area contributed by atoms with Crippen molar-refractivity contribution < 1.29 is 4.79 Å². The highest BCUT2D eigenvalue weighted by Gasteiger charge is 1.99. The summed E-state index contributed by atoms with van der Waals surface area (Å²) in [6.07, 6.45) is 0.582. The summed E-state index contributed by atoms with van der Waals surface area (Å²) in [4.78, 5) is 10.4. The Balaban J connectivity index is 3.19. The number of hydrogen-bond acceptors (Lipinski definition) is 2. The van der Waals surface area contributed by atoms with E-state index in [1.165, 1.54) is 0 Å². The van der Waals surface area contributed by atoms with Gasteiger partial charge in [-0.05, 0) is 23.6 Å². The average Bonchev–Trinajstić information content (AvgIpc) is 2.07. The van der Waals surface area contributed by atoms with Gasteiger partial charge >= 0.3 is 0 Å². The molecular formula is C9H6ClNO. The van der Waals surface area contributed by atoms with E-state index >= 15 is 0 Å². The van der Waals surface area contributed by atoms with Gasteiger partial charge in [0, 0.05) is 5.02 Å². The summed E-state index contributed by atoms with van der Waals surface area (Å²) in [5.74, 6) is 2.04. The second-order valence-corrected chi connectivity index (χ2v) is 2.60. The Morgan fingerprint density at radius 1 is 1.58 bits per heavy atom. The third-order valence-corrected chi connectivity index (χ3v) is 1.62. The van der Waals surface area contributed by atoms with E-state index in [-0.39, 0.29) is 5.57 Å². The van der Waals surface area contributed by atoms with Crippen molar-refractivity contribution in [3.8, 4) is 0 Å². The lowest BCUT2D eigenvalue weighted by atomic mass is 10.1. The normalized spacial score (nSPS) is 8.75. The van der Waals surface area contributed by atoms with E-state index in [9.17, 15) is 4.79 Å². The van der Waals surface area contributed by atoms with Gasteiger partial charge in [-0.1, -0.05) is 23.7 Å². The van der Waals surface area contributed by atoms with Gasteiger partial charge < -0.3 is 0 Å². The van der Waals surface area contributed by atoms with Crippen LogP contribution in [0.25, 0.3) is 5.57 Å². The molecule has 0 aliphatic carbocycles. The highest BCUT2D eigenvalue weighted by atomic mass is 35.5. The van der Waals surface area contributed by atoms with Crippen LogP contribution >= 0.6 is 11.6 Å². The molecule has 0 unspecified atom stereocenters. The zero-order valence-corrected chi connectivity index (χ0v) is 6.93. The van der Waals surface area contributed by atoms with Crippen molar-refractivity contribution in [1.29, 1.82) is 5.41 Å². The molecule has 1 aromatic rings. The number of benzene rings is 1. The van der Waals surface area contributed by atoms with E-state index in [0.717, 1.165) is 0 Å². The molecule has 0 fully saturated rings. The number of rotatable bonds is 2. The van der Waals surface area contributed by atoms with Crippen molar-refractivity contribution in [2.75, 3.05) is 0 Å². The van der Waals surface area contributed by atoms with Crippen LogP contribution in [0, 0.1) is 5.41 Å². The van der Waals surface area contributed by atoms with Crippen LogP contribution in [0.5, 0.6) is 0 Å². The minimum Gasteiger partial charge on any atom is -0.297 e. The van der Waals surface area contributed by atoms with Crippen molar-refractivity contribution in [3.05, 3.63) is 34.9 Å². The van der Waals surface area contributed by atoms with E-state index in [0.29, 0.717) is 16.9 Å². The quantitative estimate of drug-likeness (QED) is 0.422. The SMILES string of the molecule is N=C=C(C=O)c1cccc(Cl)c1. The van der Waals surface area contributed by atoms with Crippen LogP contribution in [0.3, 0.4) is 0 Å². The fourth-order valence-corrected chi connectivity index (χ4v) is 1.02. The van der Waals surface area contributed by atoms with Gasteiger partial charge in [0.15, 0.2) is 6.29 Å². The first-order chi connectivity index (χ1) is 5.77. The molecule has 0 aliphatic rings. The summed E-state index contributed by atoms with van der Waals surface area (Å²) < 4.78 is 0. The van der Waals surface area contributed by atoms with Gasteiger partial charge in [0.1, 0.15) is 0 Å². The van der Waals surface area contributed by atoms with E-state index < -0.39 is 0 Å². The van der Waals surface area contributed by atoms with Crippen LogP contribution < -0.4 is 0 Å². The maximum atomic E-state index is 10.4. The van der Waals surface area contributed by atoms with E-state index in [1.807, 2.05) is 5.87 Å². The number of carbonyl (C=O) groups is 1. The fraction of sp³-hybridized carbons (Fsp3) is 0. The van der Waals surface area contributed by atoms with Crippen LogP contribution in [-0.4, -0.2) is 12.2 Å². The second kappa shape index (κ2) is 3.86. The minimum absolute atomic E-state index is 0.206. The van der Waals surface area contributed by atoms with Gasteiger partial charge in [-0.2, -0.15) is 0 Å². The lowest BCUT2D eigenvalue weighted by molar-refractivity contribution is -0.103. The molecule has 0 atom stereocenters. The first-order valence-electron chi connectivity index (χ1n) is 3.28.